The maximum atomic E-state index is 13.2. The number of carbonyl (C=O) groups excluding carboxylic acids is 1. The highest BCUT2D eigenvalue weighted by Crippen LogP contribution is 2.31. The van der Waals surface area contributed by atoms with Gasteiger partial charge in [-0.05, 0) is 41.5 Å². The number of carbonyl (C=O) groups is 2. The first-order chi connectivity index (χ1) is 15.1. The number of amides is 2. The largest absolute Gasteiger partial charge is 0.465 e. The Kier molecular flexibility index (Phi) is 6.77. The molecule has 2 aromatic rings. The molecule has 1 aliphatic rings. The second kappa shape index (κ2) is 9.34. The summed E-state index contributed by atoms with van der Waals surface area (Å²) < 4.78 is 39.5. The zero-order chi connectivity index (χ0) is 23.5. The van der Waals surface area contributed by atoms with Crippen LogP contribution in [-0.4, -0.2) is 84.5 Å². The zero-order valence-corrected chi connectivity index (χ0v) is 17.0. The second-order valence-corrected chi connectivity index (χ2v) is 7.21. The molecule has 1 fully saturated rings. The van der Waals surface area contributed by atoms with Gasteiger partial charge in [-0.25, -0.2) is 4.79 Å². The molecule has 1 saturated heterocycles. The summed E-state index contributed by atoms with van der Waals surface area (Å²) in [5.41, 5.74) is -0.264. The van der Waals surface area contributed by atoms with E-state index >= 15 is 0 Å². The number of aromatic nitrogens is 4. The van der Waals surface area contributed by atoms with E-state index in [0.717, 1.165) is 21.8 Å². The fourth-order valence-electron chi connectivity index (χ4n) is 3.36. The van der Waals surface area contributed by atoms with Gasteiger partial charge in [-0.15, -0.1) is 10.2 Å². The van der Waals surface area contributed by atoms with E-state index in [2.05, 4.69) is 15.4 Å². The van der Waals surface area contributed by atoms with Crippen LogP contribution < -0.4 is 0 Å². The summed E-state index contributed by atoms with van der Waals surface area (Å²) in [5, 5.41) is 30.1. The maximum absolute atomic E-state index is 13.2. The molecule has 32 heavy (non-hydrogen) atoms. The Labute approximate surface area is 180 Å². The first-order valence-electron chi connectivity index (χ1n) is 9.60. The van der Waals surface area contributed by atoms with Crippen molar-refractivity contribution in [2.24, 2.45) is 0 Å². The minimum atomic E-state index is -4.54. The molecule has 1 unspecified atom stereocenters. The lowest BCUT2D eigenvalue weighted by atomic mass is 10.0. The average molecular weight is 454 g/mol. The van der Waals surface area contributed by atoms with Crippen molar-refractivity contribution in [1.29, 1.82) is 0 Å². The van der Waals surface area contributed by atoms with E-state index in [9.17, 15) is 27.9 Å². The Morgan fingerprint density at radius 3 is 2.62 bits per heavy atom. The lowest BCUT2D eigenvalue weighted by molar-refractivity contribution is -0.137. The van der Waals surface area contributed by atoms with E-state index in [1.807, 2.05) is 0 Å². The third-order valence-corrected chi connectivity index (χ3v) is 4.99. The zero-order valence-electron chi connectivity index (χ0n) is 17.0. The fourth-order valence-corrected chi connectivity index (χ4v) is 3.36. The number of nitrogens with zero attached hydrogens (tertiary/aromatic N) is 6. The standard InChI is InChI=1S/C19H21F3N6O4/c1-12-23-25-28(24-12)9-14-8-15(19(20,21)22)4-2-13(14)3-5-17(30)27-7-6-26(18(31)32)10-16(27)11-29/h2-5,8,16,29H,6-7,9-11H2,1H3,(H,31,32)/b5-3+. The van der Waals surface area contributed by atoms with Gasteiger partial charge in [0.25, 0.3) is 0 Å². The molecule has 1 aliphatic heterocycles. The van der Waals surface area contributed by atoms with Crippen LogP contribution in [0.4, 0.5) is 18.0 Å². The van der Waals surface area contributed by atoms with Crippen molar-refractivity contribution in [3.8, 4) is 0 Å². The third kappa shape index (κ3) is 5.41. The Morgan fingerprint density at radius 2 is 2.03 bits per heavy atom. The lowest BCUT2D eigenvalue weighted by Gasteiger charge is -2.39. The van der Waals surface area contributed by atoms with Crippen LogP contribution in [0.25, 0.3) is 6.08 Å². The highest BCUT2D eigenvalue weighted by Gasteiger charge is 2.32. The number of aliphatic hydroxyl groups is 1. The quantitative estimate of drug-likeness (QED) is 0.652. The molecule has 1 aromatic heterocycles. The van der Waals surface area contributed by atoms with Gasteiger partial charge >= 0.3 is 12.3 Å². The van der Waals surface area contributed by atoms with Gasteiger partial charge in [0, 0.05) is 25.7 Å². The molecule has 2 N–H and O–H groups in total. The fraction of sp³-hybridized carbons (Fsp3) is 0.421. The van der Waals surface area contributed by atoms with Crippen LogP contribution in [0.2, 0.25) is 0 Å². The van der Waals surface area contributed by atoms with Gasteiger partial charge < -0.3 is 20.0 Å². The minimum Gasteiger partial charge on any atom is -0.465 e. The number of aryl methyl sites for hydroxylation is 1. The molecule has 0 radical (unpaired) electrons. The third-order valence-electron chi connectivity index (χ3n) is 4.99. The summed E-state index contributed by atoms with van der Waals surface area (Å²) >= 11 is 0. The van der Waals surface area contributed by atoms with Crippen LogP contribution in [0.1, 0.15) is 22.5 Å². The molecule has 3 rings (SSSR count). The van der Waals surface area contributed by atoms with E-state index in [-0.39, 0.29) is 31.7 Å². The normalized spacial score (nSPS) is 17.2. The summed E-state index contributed by atoms with van der Waals surface area (Å²) in [7, 11) is 0. The number of alkyl halides is 3. The Morgan fingerprint density at radius 1 is 1.28 bits per heavy atom. The van der Waals surface area contributed by atoms with E-state index in [4.69, 9.17) is 5.11 Å². The predicted octanol–water partition coefficient (Wildman–Crippen LogP) is 1.24. The minimum absolute atomic E-state index is 0.0335. The van der Waals surface area contributed by atoms with Crippen molar-refractivity contribution in [2.45, 2.75) is 25.7 Å². The lowest BCUT2D eigenvalue weighted by Crippen LogP contribution is -2.57. The second-order valence-electron chi connectivity index (χ2n) is 7.21. The van der Waals surface area contributed by atoms with E-state index in [0.29, 0.717) is 11.4 Å². The van der Waals surface area contributed by atoms with Gasteiger partial charge in [0.2, 0.25) is 5.91 Å². The Hall–Kier alpha value is -3.48. The molecular formula is C19H21F3N6O4. The van der Waals surface area contributed by atoms with Crippen molar-refractivity contribution in [1.82, 2.24) is 30.0 Å². The van der Waals surface area contributed by atoms with Crippen molar-refractivity contribution in [3.63, 3.8) is 0 Å². The molecule has 0 spiro atoms. The first-order valence-corrected chi connectivity index (χ1v) is 9.60. The molecule has 0 bridgehead atoms. The number of hydrogen-bond acceptors (Lipinski definition) is 6. The van der Waals surface area contributed by atoms with Crippen LogP contribution >= 0.6 is 0 Å². The molecule has 0 saturated carbocycles. The van der Waals surface area contributed by atoms with E-state index in [1.165, 1.54) is 23.1 Å². The van der Waals surface area contributed by atoms with Crippen LogP contribution in [0.3, 0.4) is 0 Å². The SMILES string of the molecule is Cc1nnn(Cc2cc(C(F)(F)F)ccc2/C=C/C(=O)N2CCN(C(=O)O)CC2CO)n1. The number of carboxylic acid groups (broad SMARTS) is 1. The highest BCUT2D eigenvalue weighted by atomic mass is 19.4. The summed E-state index contributed by atoms with van der Waals surface area (Å²) in [6, 6.07) is 2.41. The predicted molar refractivity (Wildman–Crippen MR) is 104 cm³/mol. The van der Waals surface area contributed by atoms with Crippen LogP contribution in [0.15, 0.2) is 24.3 Å². The number of piperazine rings is 1. The summed E-state index contributed by atoms with van der Waals surface area (Å²) in [6.07, 6.45) is -3.13. The van der Waals surface area contributed by atoms with Crippen LogP contribution in [0, 0.1) is 6.92 Å². The topological polar surface area (TPSA) is 125 Å². The monoisotopic (exact) mass is 454 g/mol. The van der Waals surface area contributed by atoms with E-state index in [1.54, 1.807) is 6.92 Å². The Balaban J connectivity index is 1.83. The molecule has 13 heteroatoms. The van der Waals surface area contributed by atoms with Crippen molar-refractivity contribution in [2.75, 3.05) is 26.2 Å². The van der Waals surface area contributed by atoms with Crippen molar-refractivity contribution in [3.05, 3.63) is 46.8 Å². The maximum Gasteiger partial charge on any atom is 0.416 e. The Bertz CT molecular complexity index is 1020. The molecule has 1 aromatic carbocycles. The molecule has 10 nitrogen and oxygen atoms in total. The average Bonchev–Trinajstić information content (AvgIpc) is 3.15. The van der Waals surface area contributed by atoms with Gasteiger partial charge in [0.05, 0.1) is 24.8 Å². The van der Waals surface area contributed by atoms with E-state index < -0.39 is 36.4 Å². The molecule has 2 amide bonds. The number of tetrazole rings is 1. The van der Waals surface area contributed by atoms with Gasteiger partial charge in [0.15, 0.2) is 5.82 Å². The first kappa shape index (κ1) is 23.2. The van der Waals surface area contributed by atoms with Crippen molar-refractivity contribution < 1.29 is 33.0 Å². The van der Waals surface area contributed by atoms with Crippen LogP contribution in [0.5, 0.6) is 0 Å². The smallest absolute Gasteiger partial charge is 0.416 e. The molecule has 172 valence electrons. The van der Waals surface area contributed by atoms with Gasteiger partial charge in [0.1, 0.15) is 0 Å². The van der Waals surface area contributed by atoms with Gasteiger partial charge in [-0.2, -0.15) is 18.0 Å². The van der Waals surface area contributed by atoms with Crippen LogP contribution in [-0.2, 0) is 17.5 Å². The van der Waals surface area contributed by atoms with Gasteiger partial charge in [-0.1, -0.05) is 6.07 Å². The number of aliphatic hydroxyl groups excluding tert-OH is 1. The summed E-state index contributed by atoms with van der Waals surface area (Å²) in [5.74, 6) is -0.130. The summed E-state index contributed by atoms with van der Waals surface area (Å²) in [6.45, 7) is 1.23. The molecular weight excluding hydrogens is 433 g/mol. The molecule has 0 aliphatic carbocycles. The van der Waals surface area contributed by atoms with Crippen molar-refractivity contribution >= 4 is 18.1 Å². The van der Waals surface area contributed by atoms with Gasteiger partial charge in [-0.3, -0.25) is 4.79 Å². The highest BCUT2D eigenvalue weighted by molar-refractivity contribution is 5.92. The number of halogens is 3. The number of benzene rings is 1. The number of rotatable bonds is 5. The summed E-state index contributed by atoms with van der Waals surface area (Å²) in [4.78, 5) is 27.4. The molecule has 2 heterocycles. The number of hydrogen-bond donors (Lipinski definition) is 2. The molecule has 1 atom stereocenters.